The molecule has 1 amide bonds. The minimum atomic E-state index is -3.77. The second-order valence-electron chi connectivity index (χ2n) is 4.96. The van der Waals surface area contributed by atoms with E-state index >= 15 is 0 Å². The Morgan fingerprint density at radius 3 is 2.27 bits per heavy atom. The average Bonchev–Trinajstić information content (AvgIpc) is 2.42. The average molecular weight is 327 g/mol. The van der Waals surface area contributed by atoms with Crippen LogP contribution in [0, 0.1) is 5.92 Å². The first-order valence-electron chi connectivity index (χ1n) is 6.87. The van der Waals surface area contributed by atoms with Crippen molar-refractivity contribution in [2.45, 2.75) is 37.5 Å². The summed E-state index contributed by atoms with van der Waals surface area (Å²) in [6.07, 6.45) is 1.43. The minimum absolute atomic E-state index is 0.0505. The number of nitrogens with one attached hydrogen (secondary N) is 1. The van der Waals surface area contributed by atoms with Crippen LogP contribution in [0.4, 0.5) is 5.69 Å². The van der Waals surface area contributed by atoms with E-state index in [0.717, 1.165) is 0 Å². The first kappa shape index (κ1) is 18.1. The summed E-state index contributed by atoms with van der Waals surface area (Å²) < 4.78 is 22.2. The van der Waals surface area contributed by atoms with E-state index in [1.165, 1.54) is 24.3 Å². The van der Waals surface area contributed by atoms with Gasteiger partial charge in [-0.2, -0.15) is 0 Å². The molecule has 0 fully saturated rings. The standard InChI is InChI=1S/C14H20N2O5S/c1-2-3-10(14(18)19)4-9-13(17)16-11-5-7-12(8-6-11)22(15,20)21/h5-8,10H,2-4,9H2,1H3,(H,16,17)(H,18,19)(H2,15,20,21)/p-1/t10-/m0/s1. The lowest BCUT2D eigenvalue weighted by molar-refractivity contribution is -0.312. The number of benzene rings is 1. The molecule has 1 aromatic rings. The second-order valence-corrected chi connectivity index (χ2v) is 6.52. The van der Waals surface area contributed by atoms with Gasteiger partial charge >= 0.3 is 0 Å². The molecule has 0 aliphatic rings. The van der Waals surface area contributed by atoms with E-state index in [1.54, 1.807) is 0 Å². The SMILES string of the molecule is CCC[C@@H](CCC(=O)Nc1ccc(S(N)(=O)=O)cc1)C(=O)[O-]. The van der Waals surface area contributed by atoms with Crippen molar-refractivity contribution in [3.8, 4) is 0 Å². The molecule has 8 heteroatoms. The summed E-state index contributed by atoms with van der Waals surface area (Å²) in [4.78, 5) is 22.6. The lowest BCUT2D eigenvalue weighted by atomic mass is 9.98. The highest BCUT2D eigenvalue weighted by Gasteiger charge is 2.12. The van der Waals surface area contributed by atoms with Crippen LogP contribution in [-0.2, 0) is 19.6 Å². The Balaban J connectivity index is 2.56. The van der Waals surface area contributed by atoms with Crippen LogP contribution in [0.25, 0.3) is 0 Å². The van der Waals surface area contributed by atoms with Gasteiger partial charge < -0.3 is 15.2 Å². The molecule has 0 aliphatic carbocycles. The van der Waals surface area contributed by atoms with Crippen LogP contribution in [0.2, 0.25) is 0 Å². The van der Waals surface area contributed by atoms with Crippen molar-refractivity contribution in [3.05, 3.63) is 24.3 Å². The highest BCUT2D eigenvalue weighted by Crippen LogP contribution is 2.16. The summed E-state index contributed by atoms with van der Waals surface area (Å²) in [5.41, 5.74) is 0.415. The smallest absolute Gasteiger partial charge is 0.238 e. The van der Waals surface area contributed by atoms with Gasteiger partial charge in [-0.3, -0.25) is 4.79 Å². The number of anilines is 1. The molecule has 22 heavy (non-hydrogen) atoms. The van der Waals surface area contributed by atoms with Crippen LogP contribution in [-0.4, -0.2) is 20.3 Å². The minimum Gasteiger partial charge on any atom is -0.550 e. The molecular formula is C14H19N2O5S-. The molecule has 0 bridgehead atoms. The third-order valence-electron chi connectivity index (χ3n) is 3.16. The van der Waals surface area contributed by atoms with Gasteiger partial charge in [0, 0.05) is 18.1 Å². The molecular weight excluding hydrogens is 308 g/mol. The third kappa shape index (κ3) is 5.82. The van der Waals surface area contributed by atoms with Crippen molar-refractivity contribution in [1.29, 1.82) is 0 Å². The first-order chi connectivity index (χ1) is 10.2. The zero-order valence-corrected chi connectivity index (χ0v) is 13.1. The molecule has 122 valence electrons. The number of rotatable bonds is 8. The van der Waals surface area contributed by atoms with E-state index in [9.17, 15) is 23.1 Å². The van der Waals surface area contributed by atoms with Crippen molar-refractivity contribution in [3.63, 3.8) is 0 Å². The largest absolute Gasteiger partial charge is 0.550 e. The molecule has 0 saturated carbocycles. The fraction of sp³-hybridized carbons (Fsp3) is 0.429. The van der Waals surface area contributed by atoms with Crippen molar-refractivity contribution in [2.75, 3.05) is 5.32 Å². The lowest BCUT2D eigenvalue weighted by Crippen LogP contribution is -2.32. The maximum absolute atomic E-state index is 11.8. The molecule has 0 unspecified atom stereocenters. The van der Waals surface area contributed by atoms with Crippen molar-refractivity contribution in [1.82, 2.24) is 0 Å². The number of sulfonamides is 1. The predicted octanol–water partition coefficient (Wildman–Crippen LogP) is 0.219. The van der Waals surface area contributed by atoms with Crippen LogP contribution >= 0.6 is 0 Å². The normalized spacial score (nSPS) is 12.6. The third-order valence-corrected chi connectivity index (χ3v) is 4.09. The highest BCUT2D eigenvalue weighted by molar-refractivity contribution is 7.89. The Bertz CT molecular complexity index is 625. The number of primary sulfonamides is 1. The fourth-order valence-electron chi connectivity index (χ4n) is 1.99. The summed E-state index contributed by atoms with van der Waals surface area (Å²) >= 11 is 0. The molecule has 0 saturated heterocycles. The second kappa shape index (κ2) is 7.90. The van der Waals surface area contributed by atoms with E-state index in [1.807, 2.05) is 6.92 Å². The predicted molar refractivity (Wildman–Crippen MR) is 79.1 cm³/mol. The lowest BCUT2D eigenvalue weighted by Gasteiger charge is -2.16. The summed E-state index contributed by atoms with van der Waals surface area (Å²) in [7, 11) is -3.77. The van der Waals surface area contributed by atoms with E-state index in [2.05, 4.69) is 5.32 Å². The van der Waals surface area contributed by atoms with Crippen LogP contribution in [0.3, 0.4) is 0 Å². The molecule has 1 atom stereocenters. The Kier molecular flexibility index (Phi) is 6.51. The van der Waals surface area contributed by atoms with Gasteiger partial charge in [-0.05, 0) is 43.0 Å². The number of nitrogens with two attached hydrogens (primary N) is 1. The zero-order valence-electron chi connectivity index (χ0n) is 12.2. The maximum Gasteiger partial charge on any atom is 0.238 e. The summed E-state index contributed by atoms with van der Waals surface area (Å²) in [5.74, 6) is -2.13. The molecule has 0 aliphatic heterocycles. The van der Waals surface area contributed by atoms with Gasteiger partial charge in [0.2, 0.25) is 15.9 Å². The van der Waals surface area contributed by atoms with E-state index in [4.69, 9.17) is 5.14 Å². The van der Waals surface area contributed by atoms with E-state index in [0.29, 0.717) is 18.5 Å². The van der Waals surface area contributed by atoms with E-state index < -0.39 is 21.9 Å². The molecule has 0 aromatic heterocycles. The number of carboxylic acid groups (broad SMARTS) is 1. The van der Waals surface area contributed by atoms with Gasteiger partial charge in [0.1, 0.15) is 0 Å². The van der Waals surface area contributed by atoms with Gasteiger partial charge in [0.25, 0.3) is 0 Å². The van der Waals surface area contributed by atoms with Gasteiger partial charge in [-0.1, -0.05) is 13.3 Å². The molecule has 0 spiro atoms. The van der Waals surface area contributed by atoms with Crippen LogP contribution in [0.5, 0.6) is 0 Å². The van der Waals surface area contributed by atoms with Crippen LogP contribution in [0.1, 0.15) is 32.6 Å². The Hall–Kier alpha value is -1.93. The number of hydrogen-bond donors (Lipinski definition) is 2. The van der Waals surface area contributed by atoms with Crippen molar-refractivity contribution < 1.29 is 23.1 Å². The Morgan fingerprint density at radius 1 is 1.23 bits per heavy atom. The Labute approximate surface area is 129 Å². The molecule has 1 aromatic carbocycles. The summed E-state index contributed by atoms with van der Waals surface area (Å²) in [5, 5.41) is 18.4. The highest BCUT2D eigenvalue weighted by atomic mass is 32.2. The maximum atomic E-state index is 11.8. The summed E-state index contributed by atoms with van der Waals surface area (Å²) in [6.45, 7) is 1.86. The summed E-state index contributed by atoms with van der Waals surface area (Å²) in [6, 6.07) is 5.40. The Morgan fingerprint density at radius 2 is 1.82 bits per heavy atom. The molecule has 0 heterocycles. The van der Waals surface area contributed by atoms with Crippen LogP contribution < -0.4 is 15.6 Å². The molecule has 7 nitrogen and oxygen atoms in total. The van der Waals surface area contributed by atoms with E-state index in [-0.39, 0.29) is 23.6 Å². The molecule has 1 rings (SSSR count). The number of amides is 1. The van der Waals surface area contributed by atoms with Crippen molar-refractivity contribution >= 4 is 27.6 Å². The topological polar surface area (TPSA) is 129 Å². The van der Waals surface area contributed by atoms with Crippen molar-refractivity contribution in [2.24, 2.45) is 11.1 Å². The zero-order chi connectivity index (χ0) is 16.8. The van der Waals surface area contributed by atoms with Gasteiger partial charge in [0.15, 0.2) is 0 Å². The fourth-order valence-corrected chi connectivity index (χ4v) is 2.50. The van der Waals surface area contributed by atoms with Gasteiger partial charge in [-0.15, -0.1) is 0 Å². The number of aliphatic carboxylic acids is 1. The number of hydrogen-bond acceptors (Lipinski definition) is 5. The number of carboxylic acids is 1. The quantitative estimate of drug-likeness (QED) is 0.705. The first-order valence-corrected chi connectivity index (χ1v) is 8.42. The number of carbonyl (C=O) groups excluding carboxylic acids is 2. The molecule has 3 N–H and O–H groups in total. The van der Waals surface area contributed by atoms with Gasteiger partial charge in [-0.25, -0.2) is 13.6 Å². The van der Waals surface area contributed by atoms with Gasteiger partial charge in [0.05, 0.1) is 4.90 Å². The molecule has 0 radical (unpaired) electrons. The monoisotopic (exact) mass is 327 g/mol. The van der Waals surface area contributed by atoms with Crippen LogP contribution in [0.15, 0.2) is 29.2 Å². The number of carbonyl (C=O) groups is 2.